The van der Waals surface area contributed by atoms with Crippen molar-refractivity contribution in [2.45, 2.75) is 206 Å². The molecule has 2 aliphatic rings. The Hall–Kier alpha value is -6.29. The molecule has 2 fully saturated rings. The Labute approximate surface area is 506 Å². The van der Waals surface area contributed by atoms with Crippen LogP contribution in [-0.2, 0) is 63.9 Å². The minimum Gasteiger partial charge on any atom is -0.462 e. The van der Waals surface area contributed by atoms with Crippen LogP contribution in [0, 0.1) is 29.6 Å². The van der Waals surface area contributed by atoms with Gasteiger partial charge in [0.15, 0.2) is 17.3 Å². The Morgan fingerprint density at radius 1 is 0.674 bits per heavy atom. The number of esters is 1. The molecule has 0 radical (unpaired) electrons. The van der Waals surface area contributed by atoms with E-state index in [4.69, 9.17) is 27.7 Å². The summed E-state index contributed by atoms with van der Waals surface area (Å²) in [5, 5.41) is 40.3. The van der Waals surface area contributed by atoms with Crippen molar-refractivity contribution in [2.75, 3.05) is 39.3 Å². The molecule has 2 unspecified atom stereocenters. The zero-order valence-electron chi connectivity index (χ0n) is 51.6. The van der Waals surface area contributed by atoms with Gasteiger partial charge in [0.1, 0.15) is 30.2 Å². The molecule has 26 heteroatoms. The number of benzene rings is 1. The average molecular weight is 1210 g/mol. The molecular formula is C60H100N12O14. The van der Waals surface area contributed by atoms with E-state index in [1.807, 2.05) is 39.5 Å². The van der Waals surface area contributed by atoms with Gasteiger partial charge in [0, 0.05) is 57.2 Å². The number of hydrogen-bond donors (Lipinski definition) is 13. The monoisotopic (exact) mass is 1210 g/mol. The molecule has 3 rings (SSSR count). The molecule has 0 aliphatic carbocycles. The van der Waals surface area contributed by atoms with Gasteiger partial charge >= 0.3 is 5.97 Å². The predicted octanol–water partition coefficient (Wildman–Crippen LogP) is -1.58. The number of hydrogen-bond acceptors (Lipinski definition) is 19. The predicted molar refractivity (Wildman–Crippen MR) is 320 cm³/mol. The molecule has 2 saturated heterocycles. The number of amides is 7. The lowest BCUT2D eigenvalue weighted by Crippen LogP contribution is -2.59. The van der Waals surface area contributed by atoms with Crippen molar-refractivity contribution < 1.29 is 67.7 Å². The first kappa shape index (κ1) is 74.0. The Morgan fingerprint density at radius 3 is 1.83 bits per heavy atom. The number of nitrogens with two attached hydrogens (primary N) is 4. The van der Waals surface area contributed by atoms with Crippen LogP contribution in [0.1, 0.15) is 138 Å². The molecule has 484 valence electrons. The fourth-order valence-electron chi connectivity index (χ4n) is 10.6. The first-order valence-electron chi connectivity index (χ1n) is 30.5. The van der Waals surface area contributed by atoms with Gasteiger partial charge in [-0.15, -0.1) is 0 Å². The molecule has 1 aromatic rings. The summed E-state index contributed by atoms with van der Waals surface area (Å²) in [6, 6.07) is -1.27. The lowest BCUT2D eigenvalue weighted by molar-refractivity contribution is -0.159. The molecule has 26 nitrogen and oxygen atoms in total. The summed E-state index contributed by atoms with van der Waals surface area (Å²) in [7, 11) is 0. The smallest absolute Gasteiger partial charge is 0.323 e. The fraction of sp³-hybridized carbons (Fsp3) is 0.717. The van der Waals surface area contributed by atoms with Crippen molar-refractivity contribution in [3.05, 3.63) is 35.9 Å². The lowest BCUT2D eigenvalue weighted by atomic mass is 9.86. The SMILES string of the molecule is CCC(C)OC(=O)C1CCC[C@@H](C(=O)C[C@H](C(=O)N[C@@H](CN)C(=O)C[C@H]2CCNC(=O)[C@H]([C@@H](C)O)NC(=O)[C@H](CCN)CC(=O)[C@H](CCN)NC(=O)[C@H](CC(C)C)NC(=O)[C@@H](Cc3ccccc3)NC(=O)[C@H](CCN)NC2=O)[C@H](C)O)N1CC(C)C. The highest BCUT2D eigenvalue weighted by Crippen LogP contribution is 2.29. The third-order valence-corrected chi connectivity index (χ3v) is 15.7. The van der Waals surface area contributed by atoms with Gasteiger partial charge in [-0.1, -0.05) is 65.0 Å². The second-order valence-electron chi connectivity index (χ2n) is 23.9. The molecule has 2 heterocycles. The average Bonchev–Trinajstić information content (AvgIpc) is 1.65. The number of nitrogens with one attached hydrogen (secondary N) is 7. The molecule has 0 saturated carbocycles. The van der Waals surface area contributed by atoms with Crippen LogP contribution in [0.4, 0.5) is 0 Å². The first-order valence-corrected chi connectivity index (χ1v) is 30.5. The highest BCUT2D eigenvalue weighted by atomic mass is 16.5. The highest BCUT2D eigenvalue weighted by molar-refractivity contribution is 5.99. The summed E-state index contributed by atoms with van der Waals surface area (Å²) in [5.41, 5.74) is 24.5. The summed E-state index contributed by atoms with van der Waals surface area (Å²) in [5.74, 6) is -12.3. The molecule has 0 bridgehead atoms. The number of carbonyl (C=O) groups is 11. The molecule has 2 aliphatic heterocycles. The van der Waals surface area contributed by atoms with E-state index in [9.17, 15) is 63.0 Å². The summed E-state index contributed by atoms with van der Waals surface area (Å²) >= 11 is 0. The van der Waals surface area contributed by atoms with Crippen LogP contribution in [-0.4, -0.2) is 186 Å². The number of nitrogens with zero attached hydrogens (tertiary/aromatic N) is 1. The van der Waals surface area contributed by atoms with E-state index in [0.717, 1.165) is 0 Å². The van der Waals surface area contributed by atoms with Crippen LogP contribution in [0.3, 0.4) is 0 Å². The van der Waals surface area contributed by atoms with Crippen LogP contribution < -0.4 is 60.2 Å². The van der Waals surface area contributed by atoms with E-state index in [1.54, 1.807) is 37.3 Å². The third kappa shape index (κ3) is 23.8. The van der Waals surface area contributed by atoms with Gasteiger partial charge in [-0.05, 0) is 116 Å². The molecule has 86 heavy (non-hydrogen) atoms. The van der Waals surface area contributed by atoms with E-state index in [-0.39, 0.29) is 82.6 Å². The molecular weight excluding hydrogens is 1110 g/mol. The fourth-order valence-corrected chi connectivity index (χ4v) is 10.6. The van der Waals surface area contributed by atoms with E-state index >= 15 is 0 Å². The zero-order chi connectivity index (χ0) is 64.4. The van der Waals surface area contributed by atoms with Gasteiger partial charge in [-0.2, -0.15) is 0 Å². The summed E-state index contributed by atoms with van der Waals surface area (Å²) < 4.78 is 5.69. The van der Waals surface area contributed by atoms with Crippen molar-refractivity contribution in [3.8, 4) is 0 Å². The van der Waals surface area contributed by atoms with Crippen LogP contribution in [0.2, 0.25) is 0 Å². The van der Waals surface area contributed by atoms with Gasteiger partial charge in [0.2, 0.25) is 41.4 Å². The van der Waals surface area contributed by atoms with Crippen LogP contribution in [0.15, 0.2) is 30.3 Å². The van der Waals surface area contributed by atoms with Crippen LogP contribution in [0.25, 0.3) is 0 Å². The van der Waals surface area contributed by atoms with Gasteiger partial charge in [-0.3, -0.25) is 57.6 Å². The molecule has 1 aromatic carbocycles. The van der Waals surface area contributed by atoms with E-state index in [1.165, 1.54) is 13.8 Å². The number of aliphatic hydroxyl groups is 2. The minimum absolute atomic E-state index is 0.0432. The number of carbonyl (C=O) groups excluding carboxylic acids is 11. The maximum absolute atomic E-state index is 14.6. The van der Waals surface area contributed by atoms with Crippen molar-refractivity contribution in [1.82, 2.24) is 42.1 Å². The maximum Gasteiger partial charge on any atom is 0.323 e. The Kier molecular flexibility index (Phi) is 32.2. The van der Waals surface area contributed by atoms with E-state index in [0.29, 0.717) is 37.8 Å². The molecule has 17 N–H and O–H groups in total. The largest absolute Gasteiger partial charge is 0.462 e. The Balaban J connectivity index is 2.08. The highest BCUT2D eigenvalue weighted by Gasteiger charge is 2.43. The second-order valence-corrected chi connectivity index (χ2v) is 23.9. The first-order chi connectivity index (χ1) is 40.7. The summed E-state index contributed by atoms with van der Waals surface area (Å²) in [6.45, 7) is 12.9. The van der Waals surface area contributed by atoms with E-state index < -0.39 is 169 Å². The van der Waals surface area contributed by atoms with Gasteiger partial charge in [0.05, 0.1) is 42.4 Å². The number of Topliss-reactive ketones (excluding diaryl/α,β-unsaturated/α-hetero) is 3. The minimum atomic E-state index is -1.62. The number of rotatable bonds is 26. The van der Waals surface area contributed by atoms with Crippen LogP contribution >= 0.6 is 0 Å². The van der Waals surface area contributed by atoms with Crippen LogP contribution in [0.5, 0.6) is 0 Å². The number of likely N-dealkylation sites (tertiary alicyclic amines) is 1. The number of piperidine rings is 1. The summed E-state index contributed by atoms with van der Waals surface area (Å²) in [6.07, 6.45) is -3.55. The maximum atomic E-state index is 14.6. The normalized spacial score (nSPS) is 25.7. The number of ketones is 3. The molecule has 0 spiro atoms. The zero-order valence-corrected chi connectivity index (χ0v) is 51.6. The molecule has 14 atom stereocenters. The number of aliphatic hydroxyl groups excluding tert-OH is 2. The standard InChI is InChI=1S/C60H100N12O14/c1-9-35(6)86-60(85)48-17-13-16-47(72(48)32-34(4)5)51(77)30-41(36(7)73)55(80)70-46(31-64)50(76)29-40-21-25-65-59(84)52(37(8)74)71-54(79)39(18-22-61)28-49(75)42(19-23-62)66-57(82)44(26-33(2)3)68-58(83)45(27-38-14-11-10-12-15-38)69-56(81)43(20-24-63)67-53(40)78/h10-12,14-15,33-37,39-48,52,73-74H,9,13,16-32,61-64H2,1-8H3,(H,65,84)(H,66,82)(H,67,78)(H,68,83)(H,69,81)(H,70,80)(H,71,79)/t35?,36-,37+,39+,40+,41-,42-,43-,44-,45+,46-,47-,48?,52-/m0/s1. The second kappa shape index (κ2) is 37.4. The third-order valence-electron chi connectivity index (χ3n) is 15.7. The van der Waals surface area contributed by atoms with Gasteiger partial charge in [0.25, 0.3) is 0 Å². The topological polar surface area (TPSA) is 429 Å². The summed E-state index contributed by atoms with van der Waals surface area (Å²) in [4.78, 5) is 158. The van der Waals surface area contributed by atoms with Crippen molar-refractivity contribution in [3.63, 3.8) is 0 Å². The lowest BCUT2D eigenvalue weighted by Gasteiger charge is -2.41. The van der Waals surface area contributed by atoms with Gasteiger partial charge < -0.3 is 75.1 Å². The molecule has 0 aromatic heterocycles. The quantitative estimate of drug-likeness (QED) is 0.0466. The molecule has 7 amide bonds. The van der Waals surface area contributed by atoms with Crippen molar-refractivity contribution in [2.24, 2.45) is 52.5 Å². The number of ether oxygens (including phenoxy) is 1. The Morgan fingerprint density at radius 2 is 1.24 bits per heavy atom. The Bertz CT molecular complexity index is 2410. The van der Waals surface area contributed by atoms with Gasteiger partial charge in [-0.25, -0.2) is 0 Å². The van der Waals surface area contributed by atoms with Crippen molar-refractivity contribution in [1.29, 1.82) is 0 Å². The van der Waals surface area contributed by atoms with E-state index in [2.05, 4.69) is 37.2 Å². The van der Waals surface area contributed by atoms with Crippen molar-refractivity contribution >= 4 is 64.7 Å².